The molecule has 0 spiro atoms. The summed E-state index contributed by atoms with van der Waals surface area (Å²) >= 11 is 5.53. The molecule has 1 aromatic carbocycles. The molecule has 5 heteroatoms. The number of alkyl halides is 3. The number of benzene rings is 1. The molecular weight excluding hydrogens is 239 g/mol. The summed E-state index contributed by atoms with van der Waals surface area (Å²) in [7, 11) is 0. The van der Waals surface area contributed by atoms with Gasteiger partial charge in [-0.15, -0.1) is 5.92 Å². The Bertz CT molecular complexity index is 429. The van der Waals surface area contributed by atoms with Crippen LogP contribution in [0.15, 0.2) is 18.2 Å². The van der Waals surface area contributed by atoms with Crippen LogP contribution >= 0.6 is 11.6 Å². The lowest BCUT2D eigenvalue weighted by atomic mass is 10.1. The number of rotatable bonds is 2. The van der Waals surface area contributed by atoms with Gasteiger partial charge < -0.3 is 5.32 Å². The molecule has 0 heterocycles. The maximum absolute atomic E-state index is 12.6. The van der Waals surface area contributed by atoms with Gasteiger partial charge in [0.05, 0.1) is 12.1 Å². The second-order valence-corrected chi connectivity index (χ2v) is 3.40. The second-order valence-electron chi connectivity index (χ2n) is 2.97. The Balaban J connectivity index is 3.02. The van der Waals surface area contributed by atoms with E-state index in [0.29, 0.717) is 0 Å². The Morgan fingerprint density at radius 3 is 2.62 bits per heavy atom. The van der Waals surface area contributed by atoms with Crippen molar-refractivity contribution < 1.29 is 13.2 Å². The highest BCUT2D eigenvalue weighted by atomic mass is 35.5. The summed E-state index contributed by atoms with van der Waals surface area (Å²) in [4.78, 5) is 0. The summed E-state index contributed by atoms with van der Waals surface area (Å²) in [5, 5.41) is 2.65. The maximum atomic E-state index is 12.6. The topological polar surface area (TPSA) is 12.0 Å². The van der Waals surface area contributed by atoms with Crippen LogP contribution < -0.4 is 5.32 Å². The molecule has 16 heavy (non-hydrogen) atoms. The van der Waals surface area contributed by atoms with Gasteiger partial charge in [0.2, 0.25) is 0 Å². The van der Waals surface area contributed by atoms with Gasteiger partial charge in [-0.25, -0.2) is 0 Å². The van der Waals surface area contributed by atoms with Gasteiger partial charge in [0.15, 0.2) is 0 Å². The van der Waals surface area contributed by atoms with Crippen LogP contribution in [0.5, 0.6) is 0 Å². The van der Waals surface area contributed by atoms with Crippen LogP contribution in [0.1, 0.15) is 12.5 Å². The molecule has 0 aliphatic rings. The lowest BCUT2D eigenvalue weighted by Gasteiger charge is -2.13. The highest BCUT2D eigenvalue weighted by Gasteiger charge is 2.33. The number of hydrogen-bond acceptors (Lipinski definition) is 1. The van der Waals surface area contributed by atoms with Crippen molar-refractivity contribution in [2.75, 3.05) is 11.9 Å². The molecule has 0 bridgehead atoms. The van der Waals surface area contributed by atoms with E-state index >= 15 is 0 Å². The van der Waals surface area contributed by atoms with Gasteiger partial charge in [0.1, 0.15) is 0 Å². The van der Waals surface area contributed by atoms with Gasteiger partial charge >= 0.3 is 6.18 Å². The predicted octanol–water partition coefficient (Wildman–Crippen LogP) is 3.79. The van der Waals surface area contributed by atoms with Crippen LogP contribution in [0, 0.1) is 11.8 Å². The fourth-order valence-corrected chi connectivity index (χ4v) is 1.31. The van der Waals surface area contributed by atoms with Crippen LogP contribution in [0.2, 0.25) is 5.02 Å². The first-order chi connectivity index (χ1) is 7.45. The van der Waals surface area contributed by atoms with Crippen LogP contribution in [0.25, 0.3) is 0 Å². The van der Waals surface area contributed by atoms with Gasteiger partial charge in [-0.1, -0.05) is 17.5 Å². The molecule has 0 atom stereocenters. The maximum Gasteiger partial charge on any atom is 0.418 e. The molecule has 0 aliphatic carbocycles. The first kappa shape index (κ1) is 12.7. The van der Waals surface area contributed by atoms with Crippen molar-refractivity contribution in [2.24, 2.45) is 0 Å². The molecule has 0 saturated carbocycles. The van der Waals surface area contributed by atoms with Gasteiger partial charge in [0, 0.05) is 10.7 Å². The van der Waals surface area contributed by atoms with Crippen molar-refractivity contribution in [2.45, 2.75) is 13.1 Å². The minimum absolute atomic E-state index is 0.0142. The van der Waals surface area contributed by atoms with Crippen molar-refractivity contribution >= 4 is 17.3 Å². The van der Waals surface area contributed by atoms with E-state index in [1.165, 1.54) is 12.1 Å². The van der Waals surface area contributed by atoms with Crippen molar-refractivity contribution in [3.63, 3.8) is 0 Å². The minimum atomic E-state index is -4.42. The van der Waals surface area contributed by atoms with Gasteiger partial charge in [-0.05, 0) is 25.1 Å². The Kier molecular flexibility index (Phi) is 4.08. The summed E-state index contributed by atoms with van der Waals surface area (Å²) < 4.78 is 37.8. The van der Waals surface area contributed by atoms with E-state index in [1.807, 2.05) is 0 Å². The average molecular weight is 248 g/mol. The Morgan fingerprint density at radius 1 is 1.38 bits per heavy atom. The van der Waals surface area contributed by atoms with E-state index < -0.39 is 11.7 Å². The molecule has 1 rings (SSSR count). The van der Waals surface area contributed by atoms with Crippen molar-refractivity contribution in [1.82, 2.24) is 0 Å². The Hall–Kier alpha value is -1.34. The molecule has 0 fully saturated rings. The third kappa shape index (κ3) is 3.35. The lowest BCUT2D eigenvalue weighted by Crippen LogP contribution is -2.11. The van der Waals surface area contributed by atoms with E-state index in [-0.39, 0.29) is 17.3 Å². The van der Waals surface area contributed by atoms with E-state index in [2.05, 4.69) is 17.2 Å². The first-order valence-corrected chi connectivity index (χ1v) is 4.83. The fraction of sp³-hybridized carbons (Fsp3) is 0.273. The highest BCUT2D eigenvalue weighted by molar-refractivity contribution is 6.30. The zero-order valence-corrected chi connectivity index (χ0v) is 9.21. The molecular formula is C11H9ClF3N. The second kappa shape index (κ2) is 5.13. The number of hydrogen-bond donors (Lipinski definition) is 1. The van der Waals surface area contributed by atoms with Gasteiger partial charge in [0.25, 0.3) is 0 Å². The smallest absolute Gasteiger partial charge is 0.374 e. The SMILES string of the molecule is CC#CCNc1ccc(Cl)cc1C(F)(F)F. The standard InChI is InChI=1S/C11H9ClF3N/c1-2-3-6-16-10-5-4-8(12)7-9(10)11(13,14)15/h4-5,7,16H,6H2,1H3. The van der Waals surface area contributed by atoms with Crippen LogP contribution in [0.3, 0.4) is 0 Å². The summed E-state index contributed by atoms with van der Waals surface area (Å²) in [6.07, 6.45) is -4.42. The number of nitrogens with one attached hydrogen (secondary N) is 1. The summed E-state index contributed by atoms with van der Waals surface area (Å²) in [6, 6.07) is 3.59. The first-order valence-electron chi connectivity index (χ1n) is 4.45. The molecule has 0 aromatic heterocycles. The average Bonchev–Trinajstić information content (AvgIpc) is 2.19. The molecule has 0 aliphatic heterocycles. The normalized spacial score (nSPS) is 10.6. The van der Waals surface area contributed by atoms with Crippen molar-refractivity contribution in [1.29, 1.82) is 0 Å². The Morgan fingerprint density at radius 2 is 2.06 bits per heavy atom. The highest BCUT2D eigenvalue weighted by Crippen LogP contribution is 2.36. The van der Waals surface area contributed by atoms with E-state index in [4.69, 9.17) is 11.6 Å². The molecule has 0 saturated heterocycles. The fourth-order valence-electron chi connectivity index (χ4n) is 1.13. The van der Waals surface area contributed by atoms with E-state index in [0.717, 1.165) is 6.07 Å². The zero-order chi connectivity index (χ0) is 12.2. The van der Waals surface area contributed by atoms with Crippen LogP contribution in [-0.4, -0.2) is 6.54 Å². The lowest BCUT2D eigenvalue weighted by molar-refractivity contribution is -0.136. The summed E-state index contributed by atoms with van der Waals surface area (Å²) in [5.41, 5.74) is -0.794. The van der Waals surface area contributed by atoms with Crippen LogP contribution in [-0.2, 0) is 6.18 Å². The predicted molar refractivity (Wildman–Crippen MR) is 58.4 cm³/mol. The number of anilines is 1. The molecule has 0 unspecified atom stereocenters. The van der Waals surface area contributed by atoms with Crippen molar-refractivity contribution in [3.8, 4) is 11.8 Å². The van der Waals surface area contributed by atoms with Crippen molar-refractivity contribution in [3.05, 3.63) is 28.8 Å². The zero-order valence-electron chi connectivity index (χ0n) is 8.45. The van der Waals surface area contributed by atoms with Gasteiger partial charge in [-0.3, -0.25) is 0 Å². The van der Waals surface area contributed by atoms with E-state index in [9.17, 15) is 13.2 Å². The largest absolute Gasteiger partial charge is 0.418 e. The number of halogens is 4. The summed E-state index contributed by atoms with van der Waals surface area (Å²) in [6.45, 7) is 1.79. The monoisotopic (exact) mass is 247 g/mol. The third-order valence-corrected chi connectivity index (χ3v) is 2.07. The quantitative estimate of drug-likeness (QED) is 0.784. The molecule has 1 N–H and O–H groups in total. The summed E-state index contributed by atoms with van der Waals surface area (Å²) in [5.74, 6) is 5.22. The molecule has 1 nitrogen and oxygen atoms in total. The van der Waals surface area contributed by atoms with E-state index in [1.54, 1.807) is 6.92 Å². The molecule has 0 radical (unpaired) electrons. The van der Waals surface area contributed by atoms with Gasteiger partial charge in [-0.2, -0.15) is 13.2 Å². The molecule has 86 valence electrons. The molecule has 0 amide bonds. The van der Waals surface area contributed by atoms with Crippen LogP contribution in [0.4, 0.5) is 18.9 Å². The minimum Gasteiger partial charge on any atom is -0.374 e. The third-order valence-electron chi connectivity index (χ3n) is 1.83. The Labute approximate surface area is 96.6 Å². The molecule has 1 aromatic rings.